The van der Waals surface area contributed by atoms with Gasteiger partial charge in [0.15, 0.2) is 0 Å². The summed E-state index contributed by atoms with van der Waals surface area (Å²) in [4.78, 5) is 12.3. The minimum Gasteiger partial charge on any atom is -0.462 e. The van der Waals surface area contributed by atoms with E-state index >= 15 is 0 Å². The molecule has 7 nitrogen and oxygen atoms in total. The van der Waals surface area contributed by atoms with Gasteiger partial charge in [-0.2, -0.15) is 5.26 Å². The molecule has 8 heteroatoms. The van der Waals surface area contributed by atoms with E-state index in [1.807, 2.05) is 24.5 Å². The minimum absolute atomic E-state index is 0.0591. The summed E-state index contributed by atoms with van der Waals surface area (Å²) >= 11 is 0. The summed E-state index contributed by atoms with van der Waals surface area (Å²) in [5.41, 5.74) is 3.03. The van der Waals surface area contributed by atoms with E-state index in [0.29, 0.717) is 24.9 Å². The Morgan fingerprint density at radius 3 is 2.50 bits per heavy atom. The molecule has 0 aliphatic heterocycles. The van der Waals surface area contributed by atoms with Crippen molar-refractivity contribution in [3.63, 3.8) is 0 Å². The van der Waals surface area contributed by atoms with Crippen LogP contribution in [0.4, 0.5) is 0 Å². The first-order chi connectivity index (χ1) is 12.2. The number of nitriles is 1. The summed E-state index contributed by atoms with van der Waals surface area (Å²) in [7, 11) is -3.72. The predicted octanol–water partition coefficient (Wildman–Crippen LogP) is 2.26. The molecule has 138 valence electrons. The van der Waals surface area contributed by atoms with Gasteiger partial charge in [0.25, 0.3) is 0 Å². The molecule has 0 spiro atoms. The van der Waals surface area contributed by atoms with E-state index in [2.05, 4.69) is 0 Å². The number of aromatic nitrogens is 1. The highest BCUT2D eigenvalue weighted by Gasteiger charge is 2.17. The number of sulfonamides is 1. The number of nitrogens with zero attached hydrogens (tertiary/aromatic N) is 2. The Bertz CT molecular complexity index is 938. The predicted molar refractivity (Wildman–Crippen MR) is 96.0 cm³/mol. The van der Waals surface area contributed by atoms with Crippen molar-refractivity contribution < 1.29 is 17.9 Å². The van der Waals surface area contributed by atoms with Gasteiger partial charge >= 0.3 is 5.97 Å². The van der Waals surface area contributed by atoms with Crippen LogP contribution < -0.4 is 5.14 Å². The minimum atomic E-state index is -3.72. The van der Waals surface area contributed by atoms with Gasteiger partial charge in [0.2, 0.25) is 10.0 Å². The van der Waals surface area contributed by atoms with Crippen LogP contribution in [0.2, 0.25) is 0 Å². The summed E-state index contributed by atoms with van der Waals surface area (Å²) in [6.45, 7) is 4.42. The number of unbranched alkanes of at least 4 members (excludes halogenated alkanes) is 1. The summed E-state index contributed by atoms with van der Waals surface area (Å²) < 4.78 is 29.8. The summed E-state index contributed by atoms with van der Waals surface area (Å²) in [5.74, 6) is -0.410. The van der Waals surface area contributed by atoms with Crippen LogP contribution in [0.5, 0.6) is 0 Å². The van der Waals surface area contributed by atoms with Crippen LogP contribution in [-0.4, -0.2) is 25.6 Å². The topological polar surface area (TPSA) is 115 Å². The number of esters is 1. The molecule has 0 saturated carbocycles. The Morgan fingerprint density at radius 1 is 1.27 bits per heavy atom. The number of primary sulfonamides is 1. The summed E-state index contributed by atoms with van der Waals surface area (Å²) in [6, 6.07) is 10.1. The standard InChI is InChI=1S/C18H21N3O4S/c1-13-11-17(18(22)25-10-4-3-9-19)14(2)21(13)12-15-5-7-16(8-6-15)26(20,23)24/h5-8,11H,3-4,10,12H2,1-2H3,(H2,20,23,24). The van der Waals surface area contributed by atoms with Gasteiger partial charge in [-0.1, -0.05) is 12.1 Å². The second-order valence-electron chi connectivity index (χ2n) is 5.96. The summed E-state index contributed by atoms with van der Waals surface area (Å²) in [5, 5.41) is 13.6. The zero-order valence-electron chi connectivity index (χ0n) is 14.7. The van der Waals surface area contributed by atoms with Crippen LogP contribution in [0.1, 0.15) is 40.2 Å². The van der Waals surface area contributed by atoms with Crippen molar-refractivity contribution in [3.05, 3.63) is 52.8 Å². The number of rotatable bonds is 7. The first kappa shape index (κ1) is 19.7. The third kappa shape index (κ3) is 4.71. The normalized spacial score (nSPS) is 11.2. The van der Waals surface area contributed by atoms with E-state index in [1.54, 1.807) is 18.2 Å². The number of carbonyl (C=O) groups is 1. The molecular weight excluding hydrogens is 354 g/mol. The fourth-order valence-electron chi connectivity index (χ4n) is 2.61. The molecule has 2 rings (SSSR count). The monoisotopic (exact) mass is 375 g/mol. The Morgan fingerprint density at radius 2 is 1.92 bits per heavy atom. The molecule has 0 atom stereocenters. The average molecular weight is 375 g/mol. The van der Waals surface area contributed by atoms with E-state index in [4.69, 9.17) is 15.1 Å². The Balaban J connectivity index is 2.15. The molecule has 0 aliphatic rings. The molecule has 0 unspecified atom stereocenters. The fourth-order valence-corrected chi connectivity index (χ4v) is 3.13. The van der Waals surface area contributed by atoms with Gasteiger partial charge < -0.3 is 9.30 Å². The smallest absolute Gasteiger partial charge is 0.339 e. The van der Waals surface area contributed by atoms with Crippen LogP contribution in [0.15, 0.2) is 35.2 Å². The highest BCUT2D eigenvalue weighted by Crippen LogP contribution is 2.19. The van der Waals surface area contributed by atoms with Crippen LogP contribution in [-0.2, 0) is 21.3 Å². The largest absolute Gasteiger partial charge is 0.462 e. The number of aryl methyl sites for hydroxylation is 1. The fraction of sp³-hybridized carbons (Fsp3) is 0.333. The lowest BCUT2D eigenvalue weighted by molar-refractivity contribution is 0.0500. The SMILES string of the molecule is Cc1cc(C(=O)OCCCC#N)c(C)n1Cc1ccc(S(N)(=O)=O)cc1. The third-order valence-corrected chi connectivity index (χ3v) is 4.98. The van der Waals surface area contributed by atoms with E-state index in [9.17, 15) is 13.2 Å². The second-order valence-corrected chi connectivity index (χ2v) is 7.52. The third-order valence-electron chi connectivity index (χ3n) is 4.05. The number of nitrogens with two attached hydrogens (primary N) is 1. The van der Waals surface area contributed by atoms with Crippen LogP contribution in [0.3, 0.4) is 0 Å². The molecule has 0 aliphatic carbocycles. The Hall–Kier alpha value is -2.63. The molecule has 0 radical (unpaired) electrons. The zero-order valence-corrected chi connectivity index (χ0v) is 15.5. The van der Waals surface area contributed by atoms with Gasteiger partial charge in [0.05, 0.1) is 23.1 Å². The molecule has 2 N–H and O–H groups in total. The average Bonchev–Trinajstić information content (AvgIpc) is 2.86. The number of hydrogen-bond donors (Lipinski definition) is 1. The Labute approximate surface area is 153 Å². The van der Waals surface area contributed by atoms with Gasteiger partial charge in [-0.3, -0.25) is 0 Å². The lowest BCUT2D eigenvalue weighted by Gasteiger charge is -2.10. The maximum atomic E-state index is 12.2. The molecule has 0 amide bonds. The van der Waals surface area contributed by atoms with Crippen molar-refractivity contribution in [2.45, 2.75) is 38.1 Å². The lowest BCUT2D eigenvalue weighted by atomic mass is 10.2. The highest BCUT2D eigenvalue weighted by atomic mass is 32.2. The molecule has 26 heavy (non-hydrogen) atoms. The maximum absolute atomic E-state index is 12.2. The van der Waals surface area contributed by atoms with Crippen molar-refractivity contribution >= 4 is 16.0 Å². The van der Waals surface area contributed by atoms with Gasteiger partial charge in [-0.05, 0) is 44.0 Å². The molecule has 0 saturated heterocycles. The van der Waals surface area contributed by atoms with E-state index in [0.717, 1.165) is 17.0 Å². The van der Waals surface area contributed by atoms with E-state index < -0.39 is 16.0 Å². The molecular formula is C18H21N3O4S. The molecule has 1 heterocycles. The first-order valence-electron chi connectivity index (χ1n) is 8.06. The van der Waals surface area contributed by atoms with Crippen molar-refractivity contribution in [1.82, 2.24) is 4.57 Å². The molecule has 2 aromatic rings. The first-order valence-corrected chi connectivity index (χ1v) is 9.61. The van der Waals surface area contributed by atoms with Crippen molar-refractivity contribution in [3.8, 4) is 6.07 Å². The number of ether oxygens (including phenoxy) is 1. The van der Waals surface area contributed by atoms with Crippen molar-refractivity contribution in [2.24, 2.45) is 5.14 Å². The number of benzene rings is 1. The molecule has 1 aromatic carbocycles. The second kappa shape index (κ2) is 8.17. The molecule has 0 bridgehead atoms. The highest BCUT2D eigenvalue weighted by molar-refractivity contribution is 7.89. The quantitative estimate of drug-likeness (QED) is 0.589. The van der Waals surface area contributed by atoms with Crippen LogP contribution >= 0.6 is 0 Å². The van der Waals surface area contributed by atoms with Crippen molar-refractivity contribution in [1.29, 1.82) is 5.26 Å². The Kier molecular flexibility index (Phi) is 6.18. The van der Waals surface area contributed by atoms with Gasteiger partial charge in [-0.25, -0.2) is 18.4 Å². The summed E-state index contributed by atoms with van der Waals surface area (Å²) in [6.07, 6.45) is 0.859. The zero-order chi connectivity index (χ0) is 19.3. The van der Waals surface area contributed by atoms with Crippen LogP contribution in [0.25, 0.3) is 0 Å². The maximum Gasteiger partial charge on any atom is 0.339 e. The lowest BCUT2D eigenvalue weighted by Crippen LogP contribution is -2.12. The van der Waals surface area contributed by atoms with Gasteiger partial charge in [-0.15, -0.1) is 0 Å². The van der Waals surface area contributed by atoms with Crippen LogP contribution in [0, 0.1) is 25.2 Å². The molecule has 1 aromatic heterocycles. The number of hydrogen-bond acceptors (Lipinski definition) is 5. The van der Waals surface area contributed by atoms with Gasteiger partial charge in [0, 0.05) is 24.4 Å². The molecule has 0 fully saturated rings. The van der Waals surface area contributed by atoms with E-state index in [1.165, 1.54) is 12.1 Å². The van der Waals surface area contributed by atoms with Gasteiger partial charge in [0.1, 0.15) is 0 Å². The number of carbonyl (C=O) groups excluding carboxylic acids is 1. The van der Waals surface area contributed by atoms with E-state index in [-0.39, 0.29) is 11.5 Å². The van der Waals surface area contributed by atoms with Crippen molar-refractivity contribution in [2.75, 3.05) is 6.61 Å².